The molecule has 0 unspecified atom stereocenters. The summed E-state index contributed by atoms with van der Waals surface area (Å²) >= 11 is 5.91. The molecule has 0 heterocycles. The molecule has 0 aliphatic heterocycles. The van der Waals surface area contributed by atoms with Crippen molar-refractivity contribution in [2.75, 3.05) is 12.3 Å². The van der Waals surface area contributed by atoms with Gasteiger partial charge in [-0.3, -0.25) is 4.79 Å². The Morgan fingerprint density at radius 2 is 1.95 bits per heavy atom. The lowest BCUT2D eigenvalue weighted by molar-refractivity contribution is 0.0942. The van der Waals surface area contributed by atoms with Crippen molar-refractivity contribution in [1.29, 1.82) is 0 Å². The van der Waals surface area contributed by atoms with Gasteiger partial charge in [-0.05, 0) is 42.9 Å². The molecule has 0 atom stereocenters. The number of nitrogens with one attached hydrogen (secondary N) is 1. The monoisotopic (exact) mass is 294 g/mol. The number of nitrogens with two attached hydrogens (primary N) is 1. The number of rotatable bonds is 4. The van der Waals surface area contributed by atoms with Crippen LogP contribution in [0.3, 0.4) is 0 Å². The fourth-order valence-electron chi connectivity index (χ4n) is 2.90. The average Bonchev–Trinajstić information content (AvgIpc) is 2.47. The minimum absolute atomic E-state index is 0.123. The van der Waals surface area contributed by atoms with Crippen molar-refractivity contribution in [1.82, 2.24) is 5.32 Å². The summed E-state index contributed by atoms with van der Waals surface area (Å²) in [7, 11) is 0. The number of halogens is 1. The van der Waals surface area contributed by atoms with Crippen molar-refractivity contribution in [3.63, 3.8) is 0 Å². The second kappa shape index (κ2) is 6.98. The quantitative estimate of drug-likeness (QED) is 0.828. The van der Waals surface area contributed by atoms with Crippen LogP contribution in [-0.4, -0.2) is 12.5 Å². The zero-order valence-corrected chi connectivity index (χ0v) is 12.7. The van der Waals surface area contributed by atoms with Crippen molar-refractivity contribution in [3.05, 3.63) is 28.8 Å². The van der Waals surface area contributed by atoms with Gasteiger partial charge in [-0.25, -0.2) is 0 Å². The third-order valence-electron chi connectivity index (χ3n) is 4.35. The van der Waals surface area contributed by atoms with Crippen molar-refractivity contribution >= 4 is 23.2 Å². The smallest absolute Gasteiger partial charge is 0.253 e. The first-order valence-corrected chi connectivity index (χ1v) is 7.81. The molecule has 4 heteroatoms. The molecule has 0 spiro atoms. The lowest BCUT2D eigenvalue weighted by atomic mass is 9.81. The summed E-state index contributed by atoms with van der Waals surface area (Å²) in [6.45, 7) is 3.00. The summed E-state index contributed by atoms with van der Waals surface area (Å²) in [5.74, 6) is 1.36. The third kappa shape index (κ3) is 3.89. The summed E-state index contributed by atoms with van der Waals surface area (Å²) in [5, 5.41) is 3.53. The van der Waals surface area contributed by atoms with Gasteiger partial charge in [0, 0.05) is 17.3 Å². The van der Waals surface area contributed by atoms with Gasteiger partial charge in [-0.15, -0.1) is 0 Å². The van der Waals surface area contributed by atoms with Crippen LogP contribution < -0.4 is 11.1 Å². The van der Waals surface area contributed by atoms with E-state index in [-0.39, 0.29) is 5.91 Å². The number of nitrogen functional groups attached to an aromatic ring is 1. The molecule has 110 valence electrons. The first-order chi connectivity index (χ1) is 9.60. The molecule has 1 amide bonds. The van der Waals surface area contributed by atoms with Crippen LogP contribution >= 0.6 is 11.6 Å². The molecule has 1 aliphatic carbocycles. The van der Waals surface area contributed by atoms with E-state index in [1.54, 1.807) is 18.2 Å². The molecule has 0 saturated heterocycles. The molecule has 3 N–H and O–H groups in total. The van der Waals surface area contributed by atoms with Crippen molar-refractivity contribution in [2.45, 2.75) is 39.0 Å². The average molecular weight is 295 g/mol. The van der Waals surface area contributed by atoms with Crippen LogP contribution in [0.2, 0.25) is 5.02 Å². The maximum Gasteiger partial charge on any atom is 0.253 e. The summed E-state index contributed by atoms with van der Waals surface area (Å²) in [4.78, 5) is 12.1. The first kappa shape index (κ1) is 15.2. The Kier molecular flexibility index (Phi) is 5.30. The molecule has 1 aromatic rings. The number of hydrogen-bond donors (Lipinski definition) is 2. The van der Waals surface area contributed by atoms with E-state index >= 15 is 0 Å². The summed E-state index contributed by atoms with van der Waals surface area (Å²) in [5.41, 5.74) is 6.76. The molecular weight excluding hydrogens is 272 g/mol. The minimum atomic E-state index is -0.123. The molecule has 0 bridgehead atoms. The Bertz CT molecular complexity index is 468. The van der Waals surface area contributed by atoms with E-state index in [0.717, 1.165) is 12.5 Å². The number of anilines is 1. The predicted molar refractivity (Wildman–Crippen MR) is 83.9 cm³/mol. The molecule has 1 aliphatic rings. The van der Waals surface area contributed by atoms with Crippen LogP contribution in [0.1, 0.15) is 49.4 Å². The van der Waals surface area contributed by atoms with Crippen LogP contribution in [0, 0.1) is 11.8 Å². The minimum Gasteiger partial charge on any atom is -0.398 e. The van der Waals surface area contributed by atoms with Crippen LogP contribution in [0.5, 0.6) is 0 Å². The van der Waals surface area contributed by atoms with Crippen molar-refractivity contribution in [3.8, 4) is 0 Å². The van der Waals surface area contributed by atoms with E-state index in [2.05, 4.69) is 12.2 Å². The summed E-state index contributed by atoms with van der Waals surface area (Å²) in [6.07, 6.45) is 6.28. The van der Waals surface area contributed by atoms with Gasteiger partial charge >= 0.3 is 0 Å². The number of amides is 1. The van der Waals surface area contributed by atoms with Gasteiger partial charge < -0.3 is 11.1 Å². The highest BCUT2D eigenvalue weighted by Gasteiger charge is 2.20. The van der Waals surface area contributed by atoms with Gasteiger partial charge in [0.1, 0.15) is 0 Å². The molecule has 1 saturated carbocycles. The lowest BCUT2D eigenvalue weighted by Crippen LogP contribution is -2.31. The van der Waals surface area contributed by atoms with Crippen LogP contribution in [0.25, 0.3) is 0 Å². The van der Waals surface area contributed by atoms with Gasteiger partial charge in [0.25, 0.3) is 5.91 Å². The fourth-order valence-corrected chi connectivity index (χ4v) is 3.07. The first-order valence-electron chi connectivity index (χ1n) is 7.43. The molecule has 1 fully saturated rings. The molecule has 2 rings (SSSR count). The van der Waals surface area contributed by atoms with Gasteiger partial charge in [0.2, 0.25) is 0 Å². The second-order valence-electron chi connectivity index (χ2n) is 5.74. The lowest BCUT2D eigenvalue weighted by Gasteiger charge is -2.27. The highest BCUT2D eigenvalue weighted by molar-refractivity contribution is 6.31. The maximum atomic E-state index is 12.1. The Morgan fingerprint density at radius 3 is 2.60 bits per heavy atom. The van der Waals surface area contributed by atoms with E-state index in [4.69, 9.17) is 17.3 Å². The number of hydrogen-bond acceptors (Lipinski definition) is 2. The Hall–Kier alpha value is -1.22. The van der Waals surface area contributed by atoms with Crippen LogP contribution in [0.4, 0.5) is 5.69 Å². The SMILES string of the molecule is CCC1CCC(CNC(=O)c2cc(Cl)ccc2N)CC1. The third-order valence-corrected chi connectivity index (χ3v) is 4.59. The number of carbonyl (C=O) groups is 1. The highest BCUT2D eigenvalue weighted by Crippen LogP contribution is 2.30. The Balaban J connectivity index is 1.85. The van der Waals surface area contributed by atoms with Gasteiger partial charge in [-0.1, -0.05) is 37.8 Å². The number of benzene rings is 1. The van der Waals surface area contributed by atoms with E-state index in [0.29, 0.717) is 22.2 Å². The van der Waals surface area contributed by atoms with Crippen LogP contribution in [0.15, 0.2) is 18.2 Å². The van der Waals surface area contributed by atoms with Gasteiger partial charge in [0.15, 0.2) is 0 Å². The molecule has 20 heavy (non-hydrogen) atoms. The van der Waals surface area contributed by atoms with E-state index < -0.39 is 0 Å². The molecule has 0 aromatic heterocycles. The van der Waals surface area contributed by atoms with Crippen molar-refractivity contribution in [2.24, 2.45) is 11.8 Å². The molecular formula is C16H23ClN2O. The molecule has 1 aromatic carbocycles. The second-order valence-corrected chi connectivity index (χ2v) is 6.17. The fraction of sp³-hybridized carbons (Fsp3) is 0.562. The van der Waals surface area contributed by atoms with Gasteiger partial charge in [0.05, 0.1) is 5.56 Å². The highest BCUT2D eigenvalue weighted by atomic mass is 35.5. The zero-order valence-electron chi connectivity index (χ0n) is 12.0. The van der Waals surface area contributed by atoms with E-state index in [1.807, 2.05) is 0 Å². The Morgan fingerprint density at radius 1 is 1.30 bits per heavy atom. The van der Waals surface area contributed by atoms with E-state index in [1.165, 1.54) is 32.1 Å². The van der Waals surface area contributed by atoms with Gasteiger partial charge in [-0.2, -0.15) is 0 Å². The zero-order chi connectivity index (χ0) is 14.5. The largest absolute Gasteiger partial charge is 0.398 e. The summed E-state index contributed by atoms with van der Waals surface area (Å²) in [6, 6.07) is 4.99. The Labute approximate surface area is 125 Å². The van der Waals surface area contributed by atoms with Crippen molar-refractivity contribution < 1.29 is 4.79 Å². The number of carbonyl (C=O) groups excluding carboxylic acids is 1. The molecule has 0 radical (unpaired) electrons. The summed E-state index contributed by atoms with van der Waals surface area (Å²) < 4.78 is 0. The topological polar surface area (TPSA) is 55.1 Å². The normalized spacial score (nSPS) is 22.5. The van der Waals surface area contributed by atoms with E-state index in [9.17, 15) is 4.79 Å². The maximum absolute atomic E-state index is 12.1. The van der Waals surface area contributed by atoms with Crippen LogP contribution in [-0.2, 0) is 0 Å². The predicted octanol–water partition coefficient (Wildman–Crippen LogP) is 3.87. The standard InChI is InChI=1S/C16H23ClN2O/c1-2-11-3-5-12(6-4-11)10-19-16(20)14-9-13(17)7-8-15(14)18/h7-9,11-12H,2-6,10,18H2,1H3,(H,19,20). The molecule has 3 nitrogen and oxygen atoms in total.